The van der Waals surface area contributed by atoms with Gasteiger partial charge >= 0.3 is 12.0 Å². The molecule has 7 heteroatoms. The average Bonchev–Trinajstić information content (AvgIpc) is 2.74. The van der Waals surface area contributed by atoms with Crippen LogP contribution in [0.4, 0.5) is 4.79 Å². The van der Waals surface area contributed by atoms with E-state index < -0.39 is 18.0 Å². The van der Waals surface area contributed by atoms with E-state index in [-0.39, 0.29) is 12.0 Å². The predicted octanol–water partition coefficient (Wildman–Crippen LogP) is 3.26. The summed E-state index contributed by atoms with van der Waals surface area (Å²) in [4.78, 5) is 23.8. The molecule has 2 amide bonds. The van der Waals surface area contributed by atoms with Gasteiger partial charge in [0.05, 0.1) is 10.4 Å². The molecule has 0 saturated carbocycles. The van der Waals surface area contributed by atoms with Crippen molar-refractivity contribution in [1.29, 1.82) is 0 Å². The first-order chi connectivity index (χ1) is 9.29. The second-order valence-electron chi connectivity index (χ2n) is 5.00. The van der Waals surface area contributed by atoms with Gasteiger partial charge in [-0.3, -0.25) is 0 Å². The van der Waals surface area contributed by atoms with Gasteiger partial charge in [0.25, 0.3) is 0 Å². The predicted molar refractivity (Wildman–Crippen MR) is 80.3 cm³/mol. The lowest BCUT2D eigenvalue weighted by Gasteiger charge is -2.19. The Morgan fingerprint density at radius 2 is 1.95 bits per heavy atom. The molecule has 112 valence electrons. The summed E-state index contributed by atoms with van der Waals surface area (Å²) in [7, 11) is 0. The zero-order chi connectivity index (χ0) is 15.3. The van der Waals surface area contributed by atoms with Crippen molar-refractivity contribution in [3.05, 3.63) is 21.3 Å². The van der Waals surface area contributed by atoms with Crippen LogP contribution in [0.15, 0.2) is 12.1 Å². The molecule has 1 unspecified atom stereocenters. The van der Waals surface area contributed by atoms with Crippen molar-refractivity contribution in [2.24, 2.45) is 5.92 Å². The SMILES string of the molecule is CC(C)C[C@H](NC(=O)NC(C)c1ccc(Cl)s1)C(=O)O. The topological polar surface area (TPSA) is 78.4 Å². The van der Waals surface area contributed by atoms with Crippen molar-refractivity contribution in [3.63, 3.8) is 0 Å². The van der Waals surface area contributed by atoms with Crippen molar-refractivity contribution >= 4 is 34.9 Å². The highest BCUT2D eigenvalue weighted by Crippen LogP contribution is 2.26. The van der Waals surface area contributed by atoms with Gasteiger partial charge in [-0.05, 0) is 31.4 Å². The fraction of sp³-hybridized carbons (Fsp3) is 0.538. The number of urea groups is 1. The van der Waals surface area contributed by atoms with Gasteiger partial charge in [0.2, 0.25) is 0 Å². The molecule has 2 atom stereocenters. The lowest BCUT2D eigenvalue weighted by molar-refractivity contribution is -0.139. The standard InChI is InChI=1S/C13H19ClN2O3S/c1-7(2)6-9(12(17)18)16-13(19)15-8(3)10-4-5-11(14)20-10/h4-5,7-9H,6H2,1-3H3,(H,17,18)(H2,15,16,19)/t8?,9-/m0/s1. The fourth-order valence-corrected chi connectivity index (χ4v) is 2.78. The summed E-state index contributed by atoms with van der Waals surface area (Å²) < 4.78 is 0.650. The van der Waals surface area contributed by atoms with Gasteiger partial charge in [0, 0.05) is 4.88 Å². The largest absolute Gasteiger partial charge is 0.480 e. The van der Waals surface area contributed by atoms with E-state index >= 15 is 0 Å². The van der Waals surface area contributed by atoms with Gasteiger partial charge in [-0.25, -0.2) is 9.59 Å². The van der Waals surface area contributed by atoms with E-state index in [4.69, 9.17) is 16.7 Å². The molecule has 0 aliphatic heterocycles. The van der Waals surface area contributed by atoms with Crippen LogP contribution in [0.2, 0.25) is 4.34 Å². The Kier molecular flexibility index (Phi) is 6.29. The number of carboxylic acids is 1. The first kappa shape index (κ1) is 16.8. The number of rotatable bonds is 6. The van der Waals surface area contributed by atoms with Gasteiger partial charge in [0.15, 0.2) is 0 Å². The molecule has 20 heavy (non-hydrogen) atoms. The zero-order valence-electron chi connectivity index (χ0n) is 11.6. The van der Waals surface area contributed by atoms with Crippen molar-refractivity contribution in [3.8, 4) is 0 Å². The highest BCUT2D eigenvalue weighted by molar-refractivity contribution is 7.16. The van der Waals surface area contributed by atoms with Crippen LogP contribution in [-0.4, -0.2) is 23.1 Å². The van der Waals surface area contributed by atoms with Crippen LogP contribution in [0.5, 0.6) is 0 Å². The van der Waals surface area contributed by atoms with Crippen LogP contribution < -0.4 is 10.6 Å². The summed E-state index contributed by atoms with van der Waals surface area (Å²) in [5.74, 6) is -0.842. The Hall–Kier alpha value is -1.27. The molecule has 1 heterocycles. The molecule has 0 aromatic carbocycles. The van der Waals surface area contributed by atoms with Crippen LogP contribution in [-0.2, 0) is 4.79 Å². The van der Waals surface area contributed by atoms with E-state index in [9.17, 15) is 9.59 Å². The fourth-order valence-electron chi connectivity index (χ4n) is 1.72. The number of amides is 2. The highest BCUT2D eigenvalue weighted by Gasteiger charge is 2.22. The minimum Gasteiger partial charge on any atom is -0.480 e. The van der Waals surface area contributed by atoms with Crippen molar-refractivity contribution in [2.75, 3.05) is 0 Å². The summed E-state index contributed by atoms with van der Waals surface area (Å²) in [5, 5.41) is 14.3. The maximum atomic E-state index is 11.8. The smallest absolute Gasteiger partial charge is 0.326 e. The van der Waals surface area contributed by atoms with Gasteiger partial charge in [-0.1, -0.05) is 25.4 Å². The number of halogens is 1. The lowest BCUT2D eigenvalue weighted by Crippen LogP contribution is -2.47. The molecule has 0 radical (unpaired) electrons. The molecule has 0 fully saturated rings. The van der Waals surface area contributed by atoms with E-state index in [2.05, 4.69) is 10.6 Å². The molecular formula is C13H19ClN2O3S. The number of carbonyl (C=O) groups is 2. The monoisotopic (exact) mass is 318 g/mol. The molecule has 3 N–H and O–H groups in total. The number of carbonyl (C=O) groups excluding carboxylic acids is 1. The maximum absolute atomic E-state index is 11.8. The molecule has 0 saturated heterocycles. The third kappa shape index (κ3) is 5.38. The summed E-state index contributed by atoms with van der Waals surface area (Å²) in [6, 6.07) is 2.00. The third-order valence-corrected chi connectivity index (χ3v) is 4.09. The number of carboxylic acid groups (broad SMARTS) is 1. The summed E-state index contributed by atoms with van der Waals surface area (Å²) in [6.45, 7) is 5.64. The Bertz CT molecular complexity index is 476. The van der Waals surface area contributed by atoms with Crippen LogP contribution in [0, 0.1) is 5.92 Å². The van der Waals surface area contributed by atoms with E-state index in [1.165, 1.54) is 11.3 Å². The minimum absolute atomic E-state index is 0.185. The van der Waals surface area contributed by atoms with Crippen LogP contribution >= 0.6 is 22.9 Å². The Balaban J connectivity index is 2.55. The first-order valence-corrected chi connectivity index (χ1v) is 7.54. The number of aliphatic carboxylic acids is 1. The number of hydrogen-bond donors (Lipinski definition) is 3. The van der Waals surface area contributed by atoms with E-state index in [1.807, 2.05) is 26.8 Å². The molecule has 0 bridgehead atoms. The van der Waals surface area contributed by atoms with E-state index in [0.717, 1.165) is 4.88 Å². The number of hydrogen-bond acceptors (Lipinski definition) is 3. The zero-order valence-corrected chi connectivity index (χ0v) is 13.2. The van der Waals surface area contributed by atoms with Crippen molar-refractivity contribution < 1.29 is 14.7 Å². The van der Waals surface area contributed by atoms with Gasteiger partial charge in [-0.15, -0.1) is 11.3 Å². The van der Waals surface area contributed by atoms with E-state index in [0.29, 0.717) is 10.8 Å². The summed E-state index contributed by atoms with van der Waals surface area (Å²) in [6.07, 6.45) is 0.391. The quantitative estimate of drug-likeness (QED) is 0.753. The second-order valence-corrected chi connectivity index (χ2v) is 6.75. The molecule has 1 aromatic heterocycles. The molecule has 0 spiro atoms. The van der Waals surface area contributed by atoms with Crippen molar-refractivity contribution in [1.82, 2.24) is 10.6 Å². The van der Waals surface area contributed by atoms with Gasteiger partial charge < -0.3 is 15.7 Å². The summed E-state index contributed by atoms with van der Waals surface area (Å²) in [5.41, 5.74) is 0. The normalized spacial score (nSPS) is 13.8. The van der Waals surface area contributed by atoms with Crippen LogP contribution in [0.25, 0.3) is 0 Å². The van der Waals surface area contributed by atoms with Gasteiger partial charge in [0.1, 0.15) is 6.04 Å². The Morgan fingerprint density at radius 3 is 2.40 bits per heavy atom. The van der Waals surface area contributed by atoms with E-state index in [1.54, 1.807) is 6.07 Å². The van der Waals surface area contributed by atoms with Gasteiger partial charge in [-0.2, -0.15) is 0 Å². The number of thiophene rings is 1. The minimum atomic E-state index is -1.03. The molecule has 0 aliphatic rings. The third-order valence-electron chi connectivity index (χ3n) is 2.68. The second kappa shape index (κ2) is 7.50. The molecule has 0 aliphatic carbocycles. The Morgan fingerprint density at radius 1 is 1.30 bits per heavy atom. The molecular weight excluding hydrogens is 300 g/mol. The highest BCUT2D eigenvalue weighted by atomic mass is 35.5. The summed E-state index contributed by atoms with van der Waals surface area (Å²) >= 11 is 7.22. The molecule has 1 aromatic rings. The molecule has 1 rings (SSSR count). The van der Waals surface area contributed by atoms with Crippen LogP contribution in [0.1, 0.15) is 38.1 Å². The Labute approximate surface area is 127 Å². The maximum Gasteiger partial charge on any atom is 0.326 e. The molecule has 5 nitrogen and oxygen atoms in total. The van der Waals surface area contributed by atoms with Crippen molar-refractivity contribution in [2.45, 2.75) is 39.3 Å². The first-order valence-electron chi connectivity index (χ1n) is 6.34. The number of nitrogens with one attached hydrogen (secondary N) is 2. The van der Waals surface area contributed by atoms with Crippen LogP contribution in [0.3, 0.4) is 0 Å². The lowest BCUT2D eigenvalue weighted by atomic mass is 10.0. The average molecular weight is 319 g/mol.